The Kier molecular flexibility index (Phi) is 4.72. The molecule has 1 unspecified atom stereocenters. The standard InChI is InChI=1S/C13H20FN3O2S/c1-10(2)17-7-5-11(9-17)8-16-20(18,19)13-12(14)4-3-6-15-13/h3-4,6,10-11,16H,5,7-9H2,1-2H3. The van der Waals surface area contributed by atoms with Crippen LogP contribution in [0.1, 0.15) is 20.3 Å². The first-order valence-electron chi connectivity index (χ1n) is 6.74. The largest absolute Gasteiger partial charge is 0.301 e. The maximum Gasteiger partial charge on any atom is 0.261 e. The lowest BCUT2D eigenvalue weighted by Crippen LogP contribution is -2.33. The molecule has 5 nitrogen and oxygen atoms in total. The molecule has 0 aliphatic carbocycles. The van der Waals surface area contributed by atoms with Gasteiger partial charge in [0.1, 0.15) is 0 Å². The van der Waals surface area contributed by atoms with Crippen LogP contribution in [0.2, 0.25) is 0 Å². The molecule has 20 heavy (non-hydrogen) atoms. The number of hydrogen-bond acceptors (Lipinski definition) is 4. The number of likely N-dealkylation sites (tertiary alicyclic amines) is 1. The summed E-state index contributed by atoms with van der Waals surface area (Å²) in [5.41, 5.74) is 0. The summed E-state index contributed by atoms with van der Waals surface area (Å²) in [5.74, 6) is -0.561. The average molecular weight is 301 g/mol. The fraction of sp³-hybridized carbons (Fsp3) is 0.615. The number of halogens is 1. The van der Waals surface area contributed by atoms with Crippen LogP contribution in [0.15, 0.2) is 23.4 Å². The molecule has 1 saturated heterocycles. The molecule has 0 spiro atoms. The summed E-state index contributed by atoms with van der Waals surface area (Å²) >= 11 is 0. The molecule has 2 heterocycles. The molecular weight excluding hydrogens is 281 g/mol. The van der Waals surface area contributed by atoms with Crippen LogP contribution in [0.25, 0.3) is 0 Å². The topological polar surface area (TPSA) is 62.3 Å². The Balaban J connectivity index is 1.96. The number of hydrogen-bond donors (Lipinski definition) is 1. The van der Waals surface area contributed by atoms with Crippen LogP contribution in [0.5, 0.6) is 0 Å². The highest BCUT2D eigenvalue weighted by atomic mass is 32.2. The van der Waals surface area contributed by atoms with Gasteiger partial charge in [-0.2, -0.15) is 0 Å². The number of nitrogens with zero attached hydrogens (tertiary/aromatic N) is 2. The number of rotatable bonds is 5. The quantitative estimate of drug-likeness (QED) is 0.888. The van der Waals surface area contributed by atoms with Gasteiger partial charge in [-0.05, 0) is 44.9 Å². The lowest BCUT2D eigenvalue weighted by Gasteiger charge is -2.20. The molecule has 1 aromatic heterocycles. The summed E-state index contributed by atoms with van der Waals surface area (Å²) in [6, 6.07) is 2.92. The Morgan fingerprint density at radius 3 is 2.90 bits per heavy atom. The van der Waals surface area contributed by atoms with Crippen molar-refractivity contribution in [2.24, 2.45) is 5.92 Å². The number of aromatic nitrogens is 1. The third-order valence-electron chi connectivity index (χ3n) is 3.59. The van der Waals surface area contributed by atoms with Crippen molar-refractivity contribution < 1.29 is 12.8 Å². The van der Waals surface area contributed by atoms with E-state index in [0.29, 0.717) is 12.6 Å². The predicted molar refractivity (Wildman–Crippen MR) is 74.2 cm³/mol. The molecule has 1 atom stereocenters. The van der Waals surface area contributed by atoms with Crippen LogP contribution in [-0.4, -0.2) is 44.0 Å². The second-order valence-corrected chi connectivity index (χ2v) is 7.07. The monoisotopic (exact) mass is 301 g/mol. The fourth-order valence-electron chi connectivity index (χ4n) is 2.36. The minimum atomic E-state index is -3.87. The highest BCUT2D eigenvalue weighted by Gasteiger charge is 2.27. The maximum atomic E-state index is 13.5. The van der Waals surface area contributed by atoms with Gasteiger partial charge in [0.2, 0.25) is 5.03 Å². The van der Waals surface area contributed by atoms with Crippen molar-refractivity contribution in [3.8, 4) is 0 Å². The molecule has 1 aromatic rings. The minimum absolute atomic E-state index is 0.263. The molecule has 0 amide bonds. The zero-order valence-electron chi connectivity index (χ0n) is 11.7. The summed E-state index contributed by atoms with van der Waals surface area (Å²) < 4.78 is 39.9. The maximum absolute atomic E-state index is 13.5. The van der Waals surface area contributed by atoms with E-state index in [4.69, 9.17) is 0 Å². The molecule has 0 radical (unpaired) electrons. The minimum Gasteiger partial charge on any atom is -0.301 e. The molecule has 0 bridgehead atoms. The molecule has 112 valence electrons. The lowest BCUT2D eigenvalue weighted by molar-refractivity contribution is 0.265. The van der Waals surface area contributed by atoms with Gasteiger partial charge >= 0.3 is 0 Å². The highest BCUT2D eigenvalue weighted by Crippen LogP contribution is 2.18. The van der Waals surface area contributed by atoms with Crippen molar-refractivity contribution in [3.05, 3.63) is 24.1 Å². The van der Waals surface area contributed by atoms with Crippen LogP contribution >= 0.6 is 0 Å². The third kappa shape index (κ3) is 3.53. The average Bonchev–Trinajstić information content (AvgIpc) is 2.86. The van der Waals surface area contributed by atoms with E-state index in [1.54, 1.807) is 0 Å². The molecule has 1 aliphatic heterocycles. The van der Waals surface area contributed by atoms with Crippen LogP contribution in [0.3, 0.4) is 0 Å². The number of sulfonamides is 1. The van der Waals surface area contributed by atoms with Crippen molar-refractivity contribution in [2.75, 3.05) is 19.6 Å². The first-order chi connectivity index (χ1) is 9.40. The van der Waals surface area contributed by atoms with Crippen LogP contribution < -0.4 is 4.72 Å². The van der Waals surface area contributed by atoms with Crippen molar-refractivity contribution in [1.29, 1.82) is 0 Å². The summed E-state index contributed by atoms with van der Waals surface area (Å²) in [7, 11) is -3.87. The van der Waals surface area contributed by atoms with Gasteiger partial charge in [-0.15, -0.1) is 0 Å². The molecule has 0 aromatic carbocycles. The van der Waals surface area contributed by atoms with E-state index in [0.717, 1.165) is 25.6 Å². The highest BCUT2D eigenvalue weighted by molar-refractivity contribution is 7.89. The number of nitrogens with one attached hydrogen (secondary N) is 1. The van der Waals surface area contributed by atoms with Crippen molar-refractivity contribution >= 4 is 10.0 Å². The van der Waals surface area contributed by atoms with Gasteiger partial charge in [-0.1, -0.05) is 0 Å². The normalized spacial score (nSPS) is 20.7. The van der Waals surface area contributed by atoms with Crippen LogP contribution in [0, 0.1) is 11.7 Å². The molecule has 1 aliphatic rings. The van der Waals surface area contributed by atoms with Gasteiger partial charge < -0.3 is 4.90 Å². The Hall–Kier alpha value is -1.05. The fourth-order valence-corrected chi connectivity index (χ4v) is 3.48. The SMILES string of the molecule is CC(C)N1CCC(CNS(=O)(=O)c2ncccc2F)C1. The Morgan fingerprint density at radius 1 is 1.55 bits per heavy atom. The molecule has 1 N–H and O–H groups in total. The first kappa shape index (κ1) is 15.3. The van der Waals surface area contributed by atoms with E-state index in [1.807, 2.05) is 0 Å². The summed E-state index contributed by atoms with van der Waals surface area (Å²) in [5, 5.41) is -0.529. The van der Waals surface area contributed by atoms with Crippen molar-refractivity contribution in [3.63, 3.8) is 0 Å². The van der Waals surface area contributed by atoms with Gasteiger partial charge in [0, 0.05) is 25.3 Å². The molecule has 0 saturated carbocycles. The zero-order chi connectivity index (χ0) is 14.8. The second-order valence-electron chi connectivity index (χ2n) is 5.39. The third-order valence-corrected chi connectivity index (χ3v) is 4.95. The Labute approximate surface area is 119 Å². The summed E-state index contributed by atoms with van der Waals surface area (Å²) in [6.07, 6.45) is 2.22. The molecular formula is C13H20FN3O2S. The Morgan fingerprint density at radius 2 is 2.30 bits per heavy atom. The molecule has 7 heteroatoms. The van der Waals surface area contributed by atoms with Gasteiger partial charge in [0.25, 0.3) is 10.0 Å². The van der Waals surface area contributed by atoms with E-state index in [-0.39, 0.29) is 5.92 Å². The van der Waals surface area contributed by atoms with Crippen molar-refractivity contribution in [2.45, 2.75) is 31.3 Å². The van der Waals surface area contributed by atoms with Gasteiger partial charge in [-0.3, -0.25) is 0 Å². The van der Waals surface area contributed by atoms with Gasteiger partial charge in [-0.25, -0.2) is 22.5 Å². The van der Waals surface area contributed by atoms with E-state index in [2.05, 4.69) is 28.5 Å². The van der Waals surface area contributed by atoms with E-state index in [1.165, 1.54) is 12.3 Å². The number of pyridine rings is 1. The van der Waals surface area contributed by atoms with E-state index in [9.17, 15) is 12.8 Å². The molecule has 2 rings (SSSR count). The lowest BCUT2D eigenvalue weighted by atomic mass is 10.1. The van der Waals surface area contributed by atoms with E-state index >= 15 is 0 Å². The first-order valence-corrected chi connectivity index (χ1v) is 8.22. The summed E-state index contributed by atoms with van der Waals surface area (Å²) in [4.78, 5) is 5.91. The zero-order valence-corrected chi connectivity index (χ0v) is 12.5. The van der Waals surface area contributed by atoms with Crippen molar-refractivity contribution in [1.82, 2.24) is 14.6 Å². The predicted octanol–water partition coefficient (Wildman–Crippen LogP) is 1.23. The second kappa shape index (κ2) is 6.15. The van der Waals surface area contributed by atoms with E-state index < -0.39 is 20.9 Å². The Bertz CT molecular complexity index is 562. The molecule has 1 fully saturated rings. The summed E-state index contributed by atoms with van der Waals surface area (Å²) in [6.45, 7) is 6.40. The van der Waals surface area contributed by atoms with Gasteiger partial charge in [0.15, 0.2) is 5.82 Å². The van der Waals surface area contributed by atoms with Crippen LogP contribution in [-0.2, 0) is 10.0 Å². The smallest absolute Gasteiger partial charge is 0.261 e. The van der Waals surface area contributed by atoms with Gasteiger partial charge in [0.05, 0.1) is 0 Å². The van der Waals surface area contributed by atoms with Crippen LogP contribution in [0.4, 0.5) is 4.39 Å².